The van der Waals surface area contributed by atoms with Gasteiger partial charge in [0.2, 0.25) is 5.91 Å². The van der Waals surface area contributed by atoms with Gasteiger partial charge in [0.1, 0.15) is 5.82 Å². The van der Waals surface area contributed by atoms with Crippen molar-refractivity contribution in [1.29, 1.82) is 0 Å². The summed E-state index contributed by atoms with van der Waals surface area (Å²) in [7, 11) is 0. The molecule has 1 N–H and O–H groups in total. The smallest absolute Gasteiger partial charge is 0.274 e. The SMILES string of the molecule is CCc1nn2c(ncc3c(=O)n(NC(C)=O)ccc32)c1-c1ccc(F)cc1. The first-order valence-corrected chi connectivity index (χ1v) is 8.45. The lowest BCUT2D eigenvalue weighted by atomic mass is 10.0. The number of rotatable bonds is 3. The average Bonchev–Trinajstić information content (AvgIpc) is 3.03. The van der Waals surface area contributed by atoms with Crippen LogP contribution in [0.25, 0.3) is 27.7 Å². The van der Waals surface area contributed by atoms with E-state index < -0.39 is 5.56 Å². The monoisotopic (exact) mass is 365 g/mol. The molecule has 7 nitrogen and oxygen atoms in total. The molecule has 0 saturated carbocycles. The average molecular weight is 365 g/mol. The molecule has 0 radical (unpaired) electrons. The van der Waals surface area contributed by atoms with Gasteiger partial charge < -0.3 is 0 Å². The van der Waals surface area contributed by atoms with Crippen molar-refractivity contribution < 1.29 is 9.18 Å². The number of benzene rings is 1. The van der Waals surface area contributed by atoms with Crippen LogP contribution in [0.1, 0.15) is 19.5 Å². The fraction of sp³-hybridized carbons (Fsp3) is 0.158. The molecular formula is C19H16FN5O2. The van der Waals surface area contributed by atoms with Gasteiger partial charge in [0.25, 0.3) is 5.56 Å². The molecule has 0 bridgehead atoms. The van der Waals surface area contributed by atoms with Crippen molar-refractivity contribution in [3.05, 3.63) is 64.6 Å². The summed E-state index contributed by atoms with van der Waals surface area (Å²) < 4.78 is 16.0. The first-order valence-electron chi connectivity index (χ1n) is 8.45. The van der Waals surface area contributed by atoms with Crippen LogP contribution in [0.2, 0.25) is 0 Å². The van der Waals surface area contributed by atoms with E-state index in [1.165, 1.54) is 31.5 Å². The van der Waals surface area contributed by atoms with E-state index in [1.807, 2.05) is 6.92 Å². The summed E-state index contributed by atoms with van der Waals surface area (Å²) in [6.07, 6.45) is 3.61. The van der Waals surface area contributed by atoms with E-state index in [0.717, 1.165) is 21.5 Å². The number of halogens is 1. The zero-order valence-corrected chi connectivity index (χ0v) is 14.7. The van der Waals surface area contributed by atoms with E-state index in [9.17, 15) is 14.0 Å². The van der Waals surface area contributed by atoms with Crippen LogP contribution in [0.4, 0.5) is 4.39 Å². The number of nitrogens with zero attached hydrogens (tertiary/aromatic N) is 4. The van der Waals surface area contributed by atoms with Gasteiger partial charge in [-0.05, 0) is 30.2 Å². The second-order valence-electron chi connectivity index (χ2n) is 6.13. The maximum absolute atomic E-state index is 13.3. The number of hydrogen-bond donors (Lipinski definition) is 1. The zero-order chi connectivity index (χ0) is 19.1. The minimum absolute atomic E-state index is 0.315. The van der Waals surface area contributed by atoms with E-state index in [2.05, 4.69) is 15.5 Å². The Morgan fingerprint density at radius 3 is 2.63 bits per heavy atom. The number of hydrogen-bond acceptors (Lipinski definition) is 4. The predicted molar refractivity (Wildman–Crippen MR) is 99.6 cm³/mol. The van der Waals surface area contributed by atoms with Crippen molar-refractivity contribution in [2.75, 3.05) is 5.43 Å². The molecule has 3 aromatic heterocycles. The summed E-state index contributed by atoms with van der Waals surface area (Å²) in [6, 6.07) is 7.86. The van der Waals surface area contributed by atoms with Crippen molar-refractivity contribution in [3.63, 3.8) is 0 Å². The molecule has 3 heterocycles. The molecule has 0 aliphatic carbocycles. The van der Waals surface area contributed by atoms with Gasteiger partial charge in [-0.2, -0.15) is 5.10 Å². The summed E-state index contributed by atoms with van der Waals surface area (Å²) in [5.41, 5.74) is 5.63. The van der Waals surface area contributed by atoms with Crippen LogP contribution < -0.4 is 11.0 Å². The fourth-order valence-electron chi connectivity index (χ4n) is 3.13. The highest BCUT2D eigenvalue weighted by Gasteiger charge is 2.17. The van der Waals surface area contributed by atoms with Crippen molar-refractivity contribution in [2.24, 2.45) is 0 Å². The van der Waals surface area contributed by atoms with Crippen LogP contribution in [0.15, 0.2) is 47.5 Å². The molecule has 8 heteroatoms. The Labute approximate surface area is 153 Å². The number of carbonyl (C=O) groups is 1. The van der Waals surface area contributed by atoms with Gasteiger partial charge in [-0.25, -0.2) is 18.6 Å². The third-order valence-corrected chi connectivity index (χ3v) is 4.33. The predicted octanol–water partition coefficient (Wildman–Crippen LogP) is 2.50. The standard InChI is InChI=1S/C19H16FN5O2/c1-3-15-17(12-4-6-13(20)7-5-12)18-21-10-14-16(25(18)23-15)8-9-24(19(14)27)22-11(2)26/h4-10H,3H2,1-2H3,(H,22,26). The third-order valence-electron chi connectivity index (χ3n) is 4.33. The lowest BCUT2D eigenvalue weighted by molar-refractivity contribution is -0.115. The molecule has 0 saturated heterocycles. The largest absolute Gasteiger partial charge is 0.280 e. The molecule has 0 spiro atoms. The minimum atomic E-state index is -0.394. The summed E-state index contributed by atoms with van der Waals surface area (Å²) >= 11 is 0. The third kappa shape index (κ3) is 2.75. The molecule has 0 atom stereocenters. The van der Waals surface area contributed by atoms with Gasteiger partial charge in [0.15, 0.2) is 5.65 Å². The Morgan fingerprint density at radius 1 is 1.22 bits per heavy atom. The Morgan fingerprint density at radius 2 is 1.96 bits per heavy atom. The molecule has 0 fully saturated rings. The van der Waals surface area contributed by atoms with E-state index in [1.54, 1.807) is 22.7 Å². The van der Waals surface area contributed by atoms with Gasteiger partial charge in [0.05, 0.1) is 16.6 Å². The van der Waals surface area contributed by atoms with Crippen LogP contribution in [0.5, 0.6) is 0 Å². The highest BCUT2D eigenvalue weighted by atomic mass is 19.1. The number of pyridine rings is 1. The van der Waals surface area contributed by atoms with E-state index in [0.29, 0.717) is 23.0 Å². The van der Waals surface area contributed by atoms with Crippen molar-refractivity contribution in [1.82, 2.24) is 19.3 Å². The number of nitrogens with one attached hydrogen (secondary N) is 1. The van der Waals surface area contributed by atoms with E-state index >= 15 is 0 Å². The molecule has 27 heavy (non-hydrogen) atoms. The second kappa shape index (κ2) is 6.31. The first-order chi connectivity index (χ1) is 13.0. The molecule has 1 aromatic carbocycles. The second-order valence-corrected chi connectivity index (χ2v) is 6.13. The zero-order valence-electron chi connectivity index (χ0n) is 14.7. The lowest BCUT2D eigenvalue weighted by Gasteiger charge is -2.08. The van der Waals surface area contributed by atoms with Gasteiger partial charge in [-0.15, -0.1) is 0 Å². The lowest BCUT2D eigenvalue weighted by Crippen LogP contribution is -2.31. The number of aryl methyl sites for hydroxylation is 1. The maximum atomic E-state index is 13.3. The molecule has 0 aliphatic rings. The van der Waals surface area contributed by atoms with Gasteiger partial charge in [-0.3, -0.25) is 15.0 Å². The Bertz CT molecular complexity index is 1240. The minimum Gasteiger partial charge on any atom is -0.274 e. The number of amides is 1. The highest BCUT2D eigenvalue weighted by Crippen LogP contribution is 2.29. The van der Waals surface area contributed by atoms with E-state index in [4.69, 9.17) is 0 Å². The maximum Gasteiger partial charge on any atom is 0.280 e. The summed E-state index contributed by atoms with van der Waals surface area (Å²) in [4.78, 5) is 28.3. The summed E-state index contributed by atoms with van der Waals surface area (Å²) in [6.45, 7) is 3.30. The summed E-state index contributed by atoms with van der Waals surface area (Å²) in [5.74, 6) is -0.665. The topological polar surface area (TPSA) is 81.3 Å². The molecule has 0 unspecified atom stereocenters. The Balaban J connectivity index is 2.01. The van der Waals surface area contributed by atoms with Crippen molar-refractivity contribution >= 4 is 22.5 Å². The highest BCUT2D eigenvalue weighted by molar-refractivity contribution is 5.87. The number of carbonyl (C=O) groups excluding carboxylic acids is 1. The van der Waals surface area contributed by atoms with Crippen LogP contribution in [-0.4, -0.2) is 25.2 Å². The Hall–Kier alpha value is -3.55. The van der Waals surface area contributed by atoms with Gasteiger partial charge in [-0.1, -0.05) is 19.1 Å². The molecular weight excluding hydrogens is 349 g/mol. The van der Waals surface area contributed by atoms with Crippen LogP contribution in [0.3, 0.4) is 0 Å². The summed E-state index contributed by atoms with van der Waals surface area (Å²) in [5, 5.41) is 4.94. The van der Waals surface area contributed by atoms with Crippen molar-refractivity contribution in [3.8, 4) is 11.1 Å². The Kier molecular flexibility index (Phi) is 3.95. The van der Waals surface area contributed by atoms with Crippen LogP contribution in [0, 0.1) is 5.82 Å². The normalized spacial score (nSPS) is 11.2. The van der Waals surface area contributed by atoms with Crippen LogP contribution >= 0.6 is 0 Å². The molecule has 1 amide bonds. The number of aromatic nitrogens is 4. The first kappa shape index (κ1) is 16.9. The van der Waals surface area contributed by atoms with Crippen molar-refractivity contribution in [2.45, 2.75) is 20.3 Å². The fourth-order valence-corrected chi connectivity index (χ4v) is 3.13. The van der Waals surface area contributed by atoms with E-state index in [-0.39, 0.29) is 11.7 Å². The number of fused-ring (bicyclic) bond motifs is 3. The quantitative estimate of drug-likeness (QED) is 0.605. The molecule has 136 valence electrons. The molecule has 4 aromatic rings. The van der Waals surface area contributed by atoms with Gasteiger partial charge >= 0.3 is 0 Å². The molecule has 0 aliphatic heterocycles. The van der Waals surface area contributed by atoms with Crippen LogP contribution in [-0.2, 0) is 11.2 Å². The molecule has 4 rings (SSSR count). The van der Waals surface area contributed by atoms with Gasteiger partial charge in [0, 0.05) is 24.9 Å².